The molecule has 7 nitrogen and oxygen atoms in total. The predicted octanol–water partition coefficient (Wildman–Crippen LogP) is 1.47. The monoisotopic (exact) mass is 272 g/mol. The van der Waals surface area contributed by atoms with Gasteiger partial charge in [0, 0.05) is 24.5 Å². The van der Waals surface area contributed by atoms with Crippen LogP contribution in [-0.4, -0.2) is 33.0 Å². The smallest absolute Gasteiger partial charge is 0.321 e. The van der Waals surface area contributed by atoms with Crippen LogP contribution in [0.25, 0.3) is 0 Å². The molecule has 0 saturated heterocycles. The number of anilines is 1. The standard InChI is InChI=1S/C10H16N4O3S/c1-3-7(4-8(15)16)5-11-9(17)13-10-12-6(2)14-18-10/h7H,3-5H2,1-2H3,(H,15,16)(H2,11,12,13,14,17). The Hall–Kier alpha value is -1.70. The van der Waals surface area contributed by atoms with E-state index >= 15 is 0 Å². The molecule has 0 aliphatic heterocycles. The van der Waals surface area contributed by atoms with Crippen molar-refractivity contribution in [3.05, 3.63) is 5.82 Å². The molecule has 8 heteroatoms. The van der Waals surface area contributed by atoms with E-state index in [-0.39, 0.29) is 12.3 Å². The van der Waals surface area contributed by atoms with Gasteiger partial charge in [-0.05, 0) is 12.8 Å². The van der Waals surface area contributed by atoms with Crippen molar-refractivity contribution in [2.75, 3.05) is 11.9 Å². The molecule has 0 radical (unpaired) electrons. The molecule has 2 amide bonds. The van der Waals surface area contributed by atoms with Crippen LogP contribution in [0, 0.1) is 12.8 Å². The normalized spacial score (nSPS) is 11.9. The molecule has 1 heterocycles. The molecule has 1 atom stereocenters. The van der Waals surface area contributed by atoms with Gasteiger partial charge in [-0.3, -0.25) is 10.1 Å². The first-order chi connectivity index (χ1) is 8.51. The number of hydrogen-bond donors (Lipinski definition) is 3. The summed E-state index contributed by atoms with van der Waals surface area (Å²) in [5, 5.41) is 14.3. The minimum absolute atomic E-state index is 0.0503. The fraction of sp³-hybridized carbons (Fsp3) is 0.600. The third-order valence-corrected chi connectivity index (χ3v) is 3.06. The van der Waals surface area contributed by atoms with E-state index in [0.29, 0.717) is 23.9 Å². The number of carbonyl (C=O) groups excluding carboxylic acids is 1. The lowest BCUT2D eigenvalue weighted by atomic mass is 10.0. The van der Waals surface area contributed by atoms with Crippen LogP contribution in [0.1, 0.15) is 25.6 Å². The summed E-state index contributed by atoms with van der Waals surface area (Å²) in [5.74, 6) is -0.319. The first-order valence-corrected chi connectivity index (χ1v) is 6.35. The third kappa shape index (κ3) is 5.09. The molecule has 0 bridgehead atoms. The van der Waals surface area contributed by atoms with Gasteiger partial charge in [-0.15, -0.1) is 0 Å². The topological polar surface area (TPSA) is 104 Å². The summed E-state index contributed by atoms with van der Waals surface area (Å²) in [5.41, 5.74) is 0. The molecular formula is C10H16N4O3S. The Kier molecular flexibility index (Phi) is 5.50. The summed E-state index contributed by atoms with van der Waals surface area (Å²) in [6, 6.07) is -0.394. The lowest BCUT2D eigenvalue weighted by Crippen LogP contribution is -2.33. The van der Waals surface area contributed by atoms with Crippen LogP contribution >= 0.6 is 11.5 Å². The molecular weight excluding hydrogens is 256 g/mol. The SMILES string of the molecule is CCC(CNC(=O)Nc1nc(C)ns1)CC(=O)O. The van der Waals surface area contributed by atoms with Gasteiger partial charge in [-0.1, -0.05) is 13.3 Å². The van der Waals surface area contributed by atoms with Crippen molar-refractivity contribution in [2.24, 2.45) is 5.92 Å². The van der Waals surface area contributed by atoms with Crippen LogP contribution in [0.2, 0.25) is 0 Å². The van der Waals surface area contributed by atoms with E-state index in [1.807, 2.05) is 6.92 Å². The number of aromatic nitrogens is 2. The van der Waals surface area contributed by atoms with Crippen molar-refractivity contribution in [1.82, 2.24) is 14.7 Å². The summed E-state index contributed by atoms with van der Waals surface area (Å²) in [6.45, 7) is 3.95. The lowest BCUT2D eigenvalue weighted by molar-refractivity contribution is -0.138. The predicted molar refractivity (Wildman–Crippen MR) is 67.7 cm³/mol. The van der Waals surface area contributed by atoms with Crippen LogP contribution in [0.4, 0.5) is 9.93 Å². The fourth-order valence-corrected chi connectivity index (χ4v) is 1.90. The van der Waals surface area contributed by atoms with Gasteiger partial charge in [-0.25, -0.2) is 9.78 Å². The Morgan fingerprint density at radius 1 is 1.50 bits per heavy atom. The van der Waals surface area contributed by atoms with Gasteiger partial charge < -0.3 is 10.4 Å². The van der Waals surface area contributed by atoms with E-state index in [1.54, 1.807) is 6.92 Å². The van der Waals surface area contributed by atoms with E-state index in [9.17, 15) is 9.59 Å². The minimum atomic E-state index is -0.858. The number of urea groups is 1. The maximum absolute atomic E-state index is 11.5. The number of rotatable bonds is 6. The quantitative estimate of drug-likeness (QED) is 0.727. The number of carbonyl (C=O) groups is 2. The highest BCUT2D eigenvalue weighted by molar-refractivity contribution is 7.09. The average molecular weight is 272 g/mol. The minimum Gasteiger partial charge on any atom is -0.481 e. The van der Waals surface area contributed by atoms with E-state index in [1.165, 1.54) is 0 Å². The van der Waals surface area contributed by atoms with Crippen molar-refractivity contribution in [3.63, 3.8) is 0 Å². The average Bonchev–Trinajstić information content (AvgIpc) is 2.69. The van der Waals surface area contributed by atoms with Crippen LogP contribution in [-0.2, 0) is 4.79 Å². The van der Waals surface area contributed by atoms with Crippen molar-refractivity contribution in [1.29, 1.82) is 0 Å². The molecule has 0 saturated carbocycles. The number of amides is 2. The molecule has 1 aromatic rings. The van der Waals surface area contributed by atoms with Crippen molar-refractivity contribution in [2.45, 2.75) is 26.7 Å². The number of aryl methyl sites for hydroxylation is 1. The maximum atomic E-state index is 11.5. The lowest BCUT2D eigenvalue weighted by Gasteiger charge is -2.13. The molecule has 1 unspecified atom stereocenters. The van der Waals surface area contributed by atoms with Gasteiger partial charge in [0.15, 0.2) is 0 Å². The van der Waals surface area contributed by atoms with Gasteiger partial charge >= 0.3 is 12.0 Å². The summed E-state index contributed by atoms with van der Waals surface area (Å²) in [4.78, 5) is 26.0. The van der Waals surface area contributed by atoms with Gasteiger partial charge in [-0.2, -0.15) is 4.37 Å². The number of carboxylic acids is 1. The summed E-state index contributed by atoms with van der Waals surface area (Å²) in [6.07, 6.45) is 0.749. The molecule has 100 valence electrons. The van der Waals surface area contributed by atoms with Crippen LogP contribution < -0.4 is 10.6 Å². The Balaban J connectivity index is 2.33. The Labute approximate surface area is 109 Å². The van der Waals surface area contributed by atoms with Gasteiger partial charge in [0.25, 0.3) is 0 Å². The van der Waals surface area contributed by atoms with Crippen LogP contribution in [0.5, 0.6) is 0 Å². The molecule has 0 fully saturated rings. The summed E-state index contributed by atoms with van der Waals surface area (Å²) < 4.78 is 3.93. The van der Waals surface area contributed by atoms with Crippen LogP contribution in [0.15, 0.2) is 0 Å². The molecule has 1 aromatic heterocycles. The van der Waals surface area contributed by atoms with E-state index in [4.69, 9.17) is 5.11 Å². The highest BCUT2D eigenvalue weighted by Gasteiger charge is 2.13. The highest BCUT2D eigenvalue weighted by atomic mass is 32.1. The third-order valence-electron chi connectivity index (χ3n) is 2.34. The second-order valence-electron chi connectivity index (χ2n) is 3.85. The molecule has 0 aliphatic carbocycles. The molecule has 1 rings (SSSR count). The first kappa shape index (κ1) is 14.4. The van der Waals surface area contributed by atoms with Crippen molar-refractivity contribution in [3.8, 4) is 0 Å². The van der Waals surface area contributed by atoms with E-state index < -0.39 is 12.0 Å². The number of carboxylic acid groups (broad SMARTS) is 1. The zero-order valence-corrected chi connectivity index (χ0v) is 11.1. The number of aliphatic carboxylic acids is 1. The molecule has 18 heavy (non-hydrogen) atoms. The van der Waals surface area contributed by atoms with Crippen molar-refractivity contribution >= 4 is 28.7 Å². The number of nitrogens with one attached hydrogen (secondary N) is 2. The largest absolute Gasteiger partial charge is 0.481 e. The Morgan fingerprint density at radius 3 is 2.72 bits per heavy atom. The van der Waals surface area contributed by atoms with Gasteiger partial charge in [0.2, 0.25) is 5.13 Å². The highest BCUT2D eigenvalue weighted by Crippen LogP contribution is 2.10. The van der Waals surface area contributed by atoms with Gasteiger partial charge in [0.05, 0.1) is 0 Å². The maximum Gasteiger partial charge on any atom is 0.321 e. The zero-order valence-electron chi connectivity index (χ0n) is 10.3. The van der Waals surface area contributed by atoms with Gasteiger partial charge in [0.1, 0.15) is 5.82 Å². The Morgan fingerprint density at radius 2 is 2.22 bits per heavy atom. The first-order valence-electron chi connectivity index (χ1n) is 5.58. The van der Waals surface area contributed by atoms with Crippen molar-refractivity contribution < 1.29 is 14.7 Å². The summed E-state index contributed by atoms with van der Waals surface area (Å²) >= 11 is 1.10. The fourth-order valence-electron chi connectivity index (χ4n) is 1.33. The molecule has 0 aromatic carbocycles. The molecule has 3 N–H and O–H groups in total. The molecule has 0 aliphatic rings. The zero-order chi connectivity index (χ0) is 13.5. The van der Waals surface area contributed by atoms with E-state index in [2.05, 4.69) is 20.0 Å². The number of nitrogens with zero attached hydrogens (tertiary/aromatic N) is 2. The second-order valence-corrected chi connectivity index (χ2v) is 4.61. The second kappa shape index (κ2) is 6.90. The van der Waals surface area contributed by atoms with Crippen LogP contribution in [0.3, 0.4) is 0 Å². The molecule has 0 spiro atoms. The Bertz CT molecular complexity index is 421. The van der Waals surface area contributed by atoms with E-state index in [0.717, 1.165) is 11.5 Å². The summed E-state index contributed by atoms with van der Waals surface area (Å²) in [7, 11) is 0. The number of hydrogen-bond acceptors (Lipinski definition) is 5.